The maximum Gasteiger partial charge on any atom is 0.573 e. The molecule has 2 amide bonds. The molecule has 190 valence electrons. The van der Waals surface area contributed by atoms with E-state index in [4.69, 9.17) is 9.47 Å². The molecule has 34 heavy (non-hydrogen) atoms. The summed E-state index contributed by atoms with van der Waals surface area (Å²) >= 11 is 0. The molecule has 11 heteroatoms. The van der Waals surface area contributed by atoms with E-state index in [0.717, 1.165) is 25.7 Å². The molecule has 1 saturated heterocycles. The highest BCUT2D eigenvalue weighted by Gasteiger charge is 2.32. The summed E-state index contributed by atoms with van der Waals surface area (Å²) < 4.78 is 51.6. The van der Waals surface area contributed by atoms with Crippen LogP contribution in [0.3, 0.4) is 0 Å². The minimum Gasteiger partial charge on any atom is -0.436 e. The number of alkyl halides is 3. The lowest BCUT2D eigenvalue weighted by atomic mass is 9.99. The minimum atomic E-state index is -4.74. The number of anilines is 1. The molecule has 1 saturated carbocycles. The largest absolute Gasteiger partial charge is 0.573 e. The second kappa shape index (κ2) is 12.1. The summed E-state index contributed by atoms with van der Waals surface area (Å²) in [5, 5.41) is 5.94. The molecule has 1 aliphatic carbocycles. The van der Waals surface area contributed by atoms with E-state index in [2.05, 4.69) is 15.4 Å². The molecule has 1 aromatic carbocycles. The van der Waals surface area contributed by atoms with Gasteiger partial charge in [0.05, 0.1) is 13.2 Å². The number of benzene rings is 1. The molecule has 0 unspecified atom stereocenters. The maximum atomic E-state index is 13.0. The van der Waals surface area contributed by atoms with E-state index in [1.165, 1.54) is 24.3 Å². The summed E-state index contributed by atoms with van der Waals surface area (Å²) in [4.78, 5) is 27.1. The number of nitrogens with zero attached hydrogens (tertiary/aromatic N) is 1. The fourth-order valence-electron chi connectivity index (χ4n) is 4.13. The van der Waals surface area contributed by atoms with E-state index in [-0.39, 0.29) is 17.7 Å². The number of carbonyl (C=O) groups excluding carboxylic acids is 2. The minimum absolute atomic E-state index is 0.309. The van der Waals surface area contributed by atoms with Crippen LogP contribution in [-0.4, -0.2) is 68.3 Å². The van der Waals surface area contributed by atoms with Crippen LogP contribution in [0.4, 0.5) is 23.7 Å². The third-order valence-corrected chi connectivity index (χ3v) is 5.92. The molecule has 0 aromatic heterocycles. The Balaban J connectivity index is 1.50. The highest BCUT2D eigenvalue weighted by molar-refractivity contribution is 5.83. The molecule has 1 aromatic rings. The van der Waals surface area contributed by atoms with Crippen LogP contribution >= 0.6 is 0 Å². The summed E-state index contributed by atoms with van der Waals surface area (Å²) in [6.45, 7) is 3.88. The second-order valence-corrected chi connectivity index (χ2v) is 8.72. The number of nitrogens with one attached hydrogen (secondary N) is 2. The molecular weight excluding hydrogens is 455 g/mol. The Morgan fingerprint density at radius 2 is 1.79 bits per heavy atom. The number of amides is 2. The number of hydrogen-bond acceptors (Lipinski definition) is 6. The lowest BCUT2D eigenvalue weighted by Gasteiger charge is -2.29. The van der Waals surface area contributed by atoms with E-state index in [1.807, 2.05) is 0 Å². The zero-order chi connectivity index (χ0) is 24.6. The van der Waals surface area contributed by atoms with Crippen molar-refractivity contribution in [1.29, 1.82) is 0 Å². The van der Waals surface area contributed by atoms with Crippen LogP contribution in [0.25, 0.3) is 0 Å². The summed E-state index contributed by atoms with van der Waals surface area (Å²) in [6, 6.07) is 5.03. The topological polar surface area (TPSA) is 89.1 Å². The van der Waals surface area contributed by atoms with Crippen LogP contribution in [-0.2, 0) is 14.3 Å². The Bertz CT molecular complexity index is 794. The van der Waals surface area contributed by atoms with Gasteiger partial charge in [-0.1, -0.05) is 25.7 Å². The molecule has 2 atom stereocenters. The standard InChI is InChI=1S/C23H32F3N3O5/c1-16(15-27-18-6-8-19(9-7-18)34-23(24,25)26)28-21(30)20(14-17-4-2-3-5-17)33-22(31)29-10-12-32-13-11-29/h6-9,16-17,20,27H,2-5,10-15H2,1H3,(H,28,30)/t16-,20-/m0/s1. The lowest BCUT2D eigenvalue weighted by molar-refractivity contribution is -0.274. The summed E-state index contributed by atoms with van der Waals surface area (Å²) in [5.74, 6) is -0.313. The molecule has 8 nitrogen and oxygen atoms in total. The van der Waals surface area contributed by atoms with Crippen LogP contribution in [0.15, 0.2) is 24.3 Å². The van der Waals surface area contributed by atoms with Gasteiger partial charge >= 0.3 is 12.5 Å². The quantitative estimate of drug-likeness (QED) is 0.549. The van der Waals surface area contributed by atoms with Gasteiger partial charge in [-0.2, -0.15) is 0 Å². The van der Waals surface area contributed by atoms with Crippen LogP contribution in [0.1, 0.15) is 39.0 Å². The maximum absolute atomic E-state index is 13.0. The first kappa shape index (κ1) is 25.9. The Kier molecular flexibility index (Phi) is 9.26. The number of rotatable bonds is 9. The van der Waals surface area contributed by atoms with Crippen molar-refractivity contribution >= 4 is 17.7 Å². The van der Waals surface area contributed by atoms with Crippen molar-refractivity contribution in [2.45, 2.75) is 57.5 Å². The summed E-state index contributed by atoms with van der Waals surface area (Å²) in [6.07, 6.45) is -1.37. The summed E-state index contributed by atoms with van der Waals surface area (Å²) in [5.41, 5.74) is 0.580. The Morgan fingerprint density at radius 1 is 1.15 bits per heavy atom. The van der Waals surface area contributed by atoms with Crippen LogP contribution in [0.5, 0.6) is 5.75 Å². The molecular formula is C23H32F3N3O5. The number of morpholine rings is 1. The van der Waals surface area contributed by atoms with Crippen LogP contribution in [0, 0.1) is 5.92 Å². The van der Waals surface area contributed by atoms with Crippen molar-refractivity contribution < 1.29 is 37.0 Å². The Hall–Kier alpha value is -2.69. The van der Waals surface area contributed by atoms with Gasteiger partial charge in [0, 0.05) is 31.4 Å². The van der Waals surface area contributed by atoms with Crippen molar-refractivity contribution in [1.82, 2.24) is 10.2 Å². The van der Waals surface area contributed by atoms with Gasteiger partial charge in [0.15, 0.2) is 6.10 Å². The van der Waals surface area contributed by atoms with Crippen molar-refractivity contribution in [3.05, 3.63) is 24.3 Å². The van der Waals surface area contributed by atoms with E-state index in [9.17, 15) is 22.8 Å². The van der Waals surface area contributed by atoms with Gasteiger partial charge in [0.1, 0.15) is 5.75 Å². The zero-order valence-corrected chi connectivity index (χ0v) is 19.2. The number of carbonyl (C=O) groups is 2. The van der Waals surface area contributed by atoms with Gasteiger partial charge in [0.25, 0.3) is 5.91 Å². The Labute approximate surface area is 197 Å². The van der Waals surface area contributed by atoms with Gasteiger partial charge in [-0.25, -0.2) is 4.79 Å². The van der Waals surface area contributed by atoms with E-state index in [0.29, 0.717) is 50.9 Å². The Morgan fingerprint density at radius 3 is 2.41 bits per heavy atom. The first-order valence-corrected chi connectivity index (χ1v) is 11.6. The number of ether oxygens (including phenoxy) is 3. The third-order valence-electron chi connectivity index (χ3n) is 5.92. The average Bonchev–Trinajstić information content (AvgIpc) is 3.31. The van der Waals surface area contributed by atoms with E-state index in [1.54, 1.807) is 11.8 Å². The lowest BCUT2D eigenvalue weighted by Crippen LogP contribution is -2.48. The second-order valence-electron chi connectivity index (χ2n) is 8.72. The molecule has 1 aliphatic heterocycles. The van der Waals surface area contributed by atoms with Gasteiger partial charge in [-0.05, 0) is 43.5 Å². The predicted octanol–water partition coefficient (Wildman–Crippen LogP) is 3.92. The van der Waals surface area contributed by atoms with Gasteiger partial charge in [-0.3, -0.25) is 4.79 Å². The number of halogens is 3. The molecule has 2 fully saturated rings. The highest BCUT2D eigenvalue weighted by atomic mass is 19.4. The molecule has 2 N–H and O–H groups in total. The zero-order valence-electron chi connectivity index (χ0n) is 19.2. The van der Waals surface area contributed by atoms with E-state index >= 15 is 0 Å². The van der Waals surface area contributed by atoms with Gasteiger partial charge in [-0.15, -0.1) is 13.2 Å². The highest BCUT2D eigenvalue weighted by Crippen LogP contribution is 2.29. The fourth-order valence-corrected chi connectivity index (χ4v) is 4.13. The number of hydrogen-bond donors (Lipinski definition) is 2. The van der Waals surface area contributed by atoms with Crippen molar-refractivity contribution in [3.8, 4) is 5.75 Å². The molecule has 0 spiro atoms. The molecule has 1 heterocycles. The van der Waals surface area contributed by atoms with Crippen molar-refractivity contribution in [2.24, 2.45) is 5.92 Å². The molecule has 0 bridgehead atoms. The SMILES string of the molecule is C[C@@H](CNc1ccc(OC(F)(F)F)cc1)NC(=O)[C@H](CC1CCCC1)OC(=O)N1CCOCC1. The van der Waals surface area contributed by atoms with Crippen LogP contribution in [0.2, 0.25) is 0 Å². The smallest absolute Gasteiger partial charge is 0.436 e. The first-order valence-electron chi connectivity index (χ1n) is 11.6. The predicted molar refractivity (Wildman–Crippen MR) is 118 cm³/mol. The van der Waals surface area contributed by atoms with Crippen molar-refractivity contribution in [2.75, 3.05) is 38.2 Å². The fraction of sp³-hybridized carbons (Fsp3) is 0.652. The van der Waals surface area contributed by atoms with Gasteiger partial charge in [0.2, 0.25) is 0 Å². The molecule has 2 aliphatic rings. The van der Waals surface area contributed by atoms with Crippen LogP contribution < -0.4 is 15.4 Å². The summed E-state index contributed by atoms with van der Waals surface area (Å²) in [7, 11) is 0. The van der Waals surface area contributed by atoms with Gasteiger partial charge < -0.3 is 29.7 Å². The van der Waals surface area contributed by atoms with Crippen molar-refractivity contribution in [3.63, 3.8) is 0 Å². The molecule has 3 rings (SSSR count). The monoisotopic (exact) mass is 487 g/mol. The first-order chi connectivity index (χ1) is 16.2. The normalized spacial score (nSPS) is 18.8. The average molecular weight is 488 g/mol. The third kappa shape index (κ3) is 8.58. The molecule has 0 radical (unpaired) electrons. The van der Waals surface area contributed by atoms with E-state index < -0.39 is 18.6 Å².